The van der Waals surface area contributed by atoms with E-state index in [9.17, 15) is 9.59 Å². The highest BCUT2D eigenvalue weighted by atomic mass is 35.5. The Kier molecular flexibility index (Phi) is 4.49. The first-order chi connectivity index (χ1) is 11.8. The first-order valence-electron chi connectivity index (χ1n) is 7.28. The van der Waals surface area contributed by atoms with Crippen LogP contribution in [0.5, 0.6) is 5.75 Å². The molecule has 1 unspecified atom stereocenters. The SMILES string of the molecule is COC(=O)C1=C(N)Oc2cc(C)[nH]c(=O)c2C1c1ccc(Cl)cc1Cl. The Labute approximate surface area is 153 Å². The van der Waals surface area contributed by atoms with Crippen LogP contribution in [0.15, 0.2) is 40.5 Å². The van der Waals surface area contributed by atoms with Gasteiger partial charge in [-0.05, 0) is 24.6 Å². The summed E-state index contributed by atoms with van der Waals surface area (Å²) in [5, 5.41) is 0.718. The Morgan fingerprint density at radius 3 is 2.68 bits per heavy atom. The number of aromatic amines is 1. The van der Waals surface area contributed by atoms with E-state index in [4.69, 9.17) is 38.4 Å². The molecule has 0 fully saturated rings. The molecule has 0 aliphatic carbocycles. The van der Waals surface area contributed by atoms with Gasteiger partial charge in [-0.25, -0.2) is 4.79 Å². The summed E-state index contributed by atoms with van der Waals surface area (Å²) in [5.74, 6) is -1.42. The normalized spacial score (nSPS) is 16.2. The zero-order valence-corrected chi connectivity index (χ0v) is 14.9. The van der Waals surface area contributed by atoms with Crippen LogP contribution < -0.4 is 16.0 Å². The summed E-state index contributed by atoms with van der Waals surface area (Å²) in [6.07, 6.45) is 0. The second kappa shape index (κ2) is 6.46. The lowest BCUT2D eigenvalue weighted by molar-refractivity contribution is -0.136. The highest BCUT2D eigenvalue weighted by molar-refractivity contribution is 6.35. The number of nitrogens with two attached hydrogens (primary N) is 1. The number of rotatable bonds is 2. The molecule has 0 bridgehead atoms. The van der Waals surface area contributed by atoms with Gasteiger partial charge < -0.3 is 20.2 Å². The fourth-order valence-corrected chi connectivity index (χ4v) is 3.38. The van der Waals surface area contributed by atoms with E-state index in [1.165, 1.54) is 13.2 Å². The number of hydrogen-bond donors (Lipinski definition) is 2. The van der Waals surface area contributed by atoms with Gasteiger partial charge in [0.2, 0.25) is 5.88 Å². The number of carbonyl (C=O) groups is 1. The lowest BCUT2D eigenvalue weighted by atomic mass is 9.83. The van der Waals surface area contributed by atoms with Gasteiger partial charge >= 0.3 is 5.97 Å². The number of methoxy groups -OCH3 is 1. The second-order valence-corrected chi connectivity index (χ2v) is 6.37. The standard InChI is InChI=1S/C17H14Cl2N2O4/c1-7-5-11-13(16(22)21-7)12(9-4-3-8(18)6-10(9)19)14(15(20)25-11)17(23)24-2/h3-6,12H,20H2,1-2H3,(H,21,22). The number of benzene rings is 1. The highest BCUT2D eigenvalue weighted by Crippen LogP contribution is 2.43. The predicted octanol–water partition coefficient (Wildman–Crippen LogP) is 2.86. The van der Waals surface area contributed by atoms with Gasteiger partial charge in [-0.15, -0.1) is 0 Å². The number of carbonyl (C=O) groups excluding carboxylic acids is 1. The van der Waals surface area contributed by atoms with Crippen molar-refractivity contribution in [1.29, 1.82) is 0 Å². The number of fused-ring (bicyclic) bond motifs is 1. The minimum atomic E-state index is -0.842. The lowest BCUT2D eigenvalue weighted by Crippen LogP contribution is -2.31. The van der Waals surface area contributed by atoms with Crippen molar-refractivity contribution in [2.24, 2.45) is 5.73 Å². The minimum Gasteiger partial charge on any atom is -0.465 e. The van der Waals surface area contributed by atoms with Crippen LogP contribution in [-0.2, 0) is 9.53 Å². The Balaban J connectivity index is 2.34. The number of H-pyrrole nitrogens is 1. The third-order valence-electron chi connectivity index (χ3n) is 3.91. The zero-order valence-electron chi connectivity index (χ0n) is 13.4. The van der Waals surface area contributed by atoms with E-state index >= 15 is 0 Å². The molecule has 1 atom stereocenters. The average Bonchev–Trinajstić information content (AvgIpc) is 2.52. The zero-order chi connectivity index (χ0) is 18.3. The number of halogens is 2. The van der Waals surface area contributed by atoms with E-state index in [0.717, 1.165) is 0 Å². The molecular formula is C17H14Cl2N2O4. The summed E-state index contributed by atoms with van der Waals surface area (Å²) < 4.78 is 10.3. The van der Waals surface area contributed by atoms with E-state index in [0.29, 0.717) is 21.3 Å². The van der Waals surface area contributed by atoms with Crippen molar-refractivity contribution in [3.8, 4) is 5.75 Å². The molecule has 3 N–H and O–H groups in total. The minimum absolute atomic E-state index is 0.00794. The molecule has 25 heavy (non-hydrogen) atoms. The Morgan fingerprint density at radius 1 is 1.32 bits per heavy atom. The number of aromatic nitrogens is 1. The van der Waals surface area contributed by atoms with E-state index in [1.54, 1.807) is 25.1 Å². The third-order valence-corrected chi connectivity index (χ3v) is 4.47. The first-order valence-corrected chi connectivity index (χ1v) is 8.03. The molecule has 2 aromatic rings. The van der Waals surface area contributed by atoms with Gasteiger partial charge in [-0.1, -0.05) is 29.3 Å². The van der Waals surface area contributed by atoms with Crippen LogP contribution in [0, 0.1) is 6.92 Å². The van der Waals surface area contributed by atoms with Gasteiger partial charge in [0.05, 0.1) is 18.6 Å². The molecule has 0 amide bonds. The van der Waals surface area contributed by atoms with E-state index in [-0.39, 0.29) is 22.8 Å². The van der Waals surface area contributed by atoms with Gasteiger partial charge in [0.25, 0.3) is 5.56 Å². The predicted molar refractivity (Wildman–Crippen MR) is 94.0 cm³/mol. The van der Waals surface area contributed by atoms with Crippen LogP contribution in [0.4, 0.5) is 0 Å². The van der Waals surface area contributed by atoms with Crippen molar-refractivity contribution < 1.29 is 14.3 Å². The number of hydrogen-bond acceptors (Lipinski definition) is 5. The summed E-state index contributed by atoms with van der Waals surface area (Å²) in [5.41, 5.74) is 6.87. The molecular weight excluding hydrogens is 367 g/mol. The molecule has 130 valence electrons. The number of nitrogens with one attached hydrogen (secondary N) is 1. The summed E-state index contributed by atoms with van der Waals surface area (Å²) in [6.45, 7) is 1.71. The van der Waals surface area contributed by atoms with E-state index in [1.807, 2.05) is 0 Å². The monoisotopic (exact) mass is 380 g/mol. The van der Waals surface area contributed by atoms with Crippen LogP contribution in [0.1, 0.15) is 22.7 Å². The summed E-state index contributed by atoms with van der Waals surface area (Å²) in [6, 6.07) is 6.42. The third kappa shape index (κ3) is 2.99. The van der Waals surface area contributed by atoms with Gasteiger partial charge in [-0.2, -0.15) is 0 Å². The fourth-order valence-electron chi connectivity index (χ4n) is 2.86. The molecule has 1 aliphatic heterocycles. The van der Waals surface area contributed by atoms with Crippen molar-refractivity contribution in [3.63, 3.8) is 0 Å². The van der Waals surface area contributed by atoms with Crippen LogP contribution >= 0.6 is 23.2 Å². The summed E-state index contributed by atoms with van der Waals surface area (Å²) >= 11 is 12.3. The van der Waals surface area contributed by atoms with E-state index < -0.39 is 17.4 Å². The molecule has 0 spiro atoms. The molecule has 2 heterocycles. The van der Waals surface area contributed by atoms with Gasteiger partial charge in [0, 0.05) is 21.8 Å². The highest BCUT2D eigenvalue weighted by Gasteiger charge is 2.38. The fraction of sp³-hybridized carbons (Fsp3) is 0.176. The second-order valence-electron chi connectivity index (χ2n) is 5.53. The summed E-state index contributed by atoms with van der Waals surface area (Å²) in [4.78, 5) is 27.6. The topological polar surface area (TPSA) is 94.4 Å². The lowest BCUT2D eigenvalue weighted by Gasteiger charge is -2.28. The maximum atomic E-state index is 12.6. The summed E-state index contributed by atoms with van der Waals surface area (Å²) in [7, 11) is 1.22. The number of aryl methyl sites for hydroxylation is 1. The van der Waals surface area contributed by atoms with Crippen molar-refractivity contribution in [3.05, 3.63) is 72.9 Å². The van der Waals surface area contributed by atoms with Crippen LogP contribution in [-0.4, -0.2) is 18.1 Å². The van der Waals surface area contributed by atoms with Crippen molar-refractivity contribution in [2.45, 2.75) is 12.8 Å². The average molecular weight is 381 g/mol. The Bertz CT molecular complexity index is 966. The van der Waals surface area contributed by atoms with Gasteiger partial charge in [-0.3, -0.25) is 4.79 Å². The maximum absolute atomic E-state index is 12.6. The molecule has 0 saturated heterocycles. The van der Waals surface area contributed by atoms with Crippen LogP contribution in [0.3, 0.4) is 0 Å². The molecule has 0 saturated carbocycles. The Morgan fingerprint density at radius 2 is 2.04 bits per heavy atom. The van der Waals surface area contributed by atoms with Crippen LogP contribution in [0.2, 0.25) is 10.0 Å². The smallest absolute Gasteiger partial charge is 0.340 e. The van der Waals surface area contributed by atoms with E-state index in [2.05, 4.69) is 4.98 Å². The number of pyridine rings is 1. The van der Waals surface area contributed by atoms with Crippen molar-refractivity contribution in [2.75, 3.05) is 7.11 Å². The molecule has 3 rings (SSSR count). The number of ether oxygens (including phenoxy) is 2. The molecule has 1 aromatic carbocycles. The largest absolute Gasteiger partial charge is 0.465 e. The quantitative estimate of drug-likeness (QED) is 0.781. The van der Waals surface area contributed by atoms with Gasteiger partial charge in [0.1, 0.15) is 11.3 Å². The van der Waals surface area contributed by atoms with Crippen molar-refractivity contribution in [1.82, 2.24) is 4.98 Å². The van der Waals surface area contributed by atoms with Gasteiger partial charge in [0.15, 0.2) is 0 Å². The molecule has 6 nitrogen and oxygen atoms in total. The Hall–Kier alpha value is -2.44. The van der Waals surface area contributed by atoms with Crippen LogP contribution in [0.25, 0.3) is 0 Å². The molecule has 8 heteroatoms. The number of esters is 1. The molecule has 0 radical (unpaired) electrons. The maximum Gasteiger partial charge on any atom is 0.340 e. The first kappa shape index (κ1) is 17.4. The molecule has 1 aliphatic rings. The van der Waals surface area contributed by atoms with Crippen molar-refractivity contribution >= 4 is 29.2 Å². The molecule has 1 aromatic heterocycles.